The van der Waals surface area contributed by atoms with Crippen LogP contribution in [-0.4, -0.2) is 12.1 Å². The van der Waals surface area contributed by atoms with Gasteiger partial charge in [0.15, 0.2) is 5.58 Å². The van der Waals surface area contributed by atoms with Crippen molar-refractivity contribution in [3.63, 3.8) is 0 Å². The van der Waals surface area contributed by atoms with Crippen LogP contribution in [0, 0.1) is 6.92 Å². The molecule has 0 aliphatic heterocycles. The topological polar surface area (TPSA) is 35.3 Å². The summed E-state index contributed by atoms with van der Waals surface area (Å²) in [6.45, 7) is 2.04. The van der Waals surface area contributed by atoms with Gasteiger partial charge in [0.25, 0.3) is 0 Å². The van der Waals surface area contributed by atoms with Gasteiger partial charge in [-0.3, -0.25) is 0 Å². The normalized spacial score (nSPS) is 10.9. The molecule has 3 nitrogen and oxygen atoms in total. The molecule has 3 rings (SSSR count). The van der Waals surface area contributed by atoms with E-state index in [1.807, 2.05) is 43.3 Å². The van der Waals surface area contributed by atoms with Crippen LogP contribution in [0.3, 0.4) is 0 Å². The minimum atomic E-state index is 0.627. The van der Waals surface area contributed by atoms with E-state index in [-0.39, 0.29) is 0 Å². The highest BCUT2D eigenvalue weighted by Gasteiger charge is 2.13. The van der Waals surface area contributed by atoms with Crippen molar-refractivity contribution < 1.29 is 9.15 Å². The first-order valence-electron chi connectivity index (χ1n) is 5.89. The molecule has 0 saturated carbocycles. The fraction of sp³-hybridized carbons (Fsp3) is 0.133. The lowest BCUT2D eigenvalue weighted by Gasteiger charge is -1.99. The number of hydrogen-bond donors (Lipinski definition) is 0. The van der Waals surface area contributed by atoms with E-state index in [1.54, 1.807) is 7.11 Å². The Kier molecular flexibility index (Phi) is 3.03. The van der Waals surface area contributed by atoms with Gasteiger partial charge in [0.1, 0.15) is 11.3 Å². The Bertz CT molecular complexity index is 749. The number of hydrogen-bond acceptors (Lipinski definition) is 3. The lowest BCUT2D eigenvalue weighted by Crippen LogP contribution is -1.83. The molecule has 3 aromatic rings. The molecule has 0 aliphatic carbocycles. The average molecular weight is 318 g/mol. The maximum Gasteiger partial charge on any atom is 0.227 e. The van der Waals surface area contributed by atoms with Gasteiger partial charge in [0.05, 0.1) is 11.6 Å². The highest BCUT2D eigenvalue weighted by atomic mass is 79.9. The first kappa shape index (κ1) is 12.2. The number of nitrogens with zero attached hydrogens (tertiary/aromatic N) is 1. The van der Waals surface area contributed by atoms with Crippen LogP contribution < -0.4 is 4.74 Å². The number of ether oxygens (including phenoxy) is 1. The van der Waals surface area contributed by atoms with E-state index < -0.39 is 0 Å². The zero-order valence-electron chi connectivity index (χ0n) is 10.6. The van der Waals surface area contributed by atoms with E-state index in [4.69, 9.17) is 9.15 Å². The summed E-state index contributed by atoms with van der Waals surface area (Å²) in [6.07, 6.45) is 0. The maximum absolute atomic E-state index is 5.85. The van der Waals surface area contributed by atoms with Crippen LogP contribution in [0.15, 0.2) is 45.3 Å². The fourth-order valence-corrected chi connectivity index (χ4v) is 2.52. The van der Waals surface area contributed by atoms with Crippen molar-refractivity contribution in [1.29, 1.82) is 0 Å². The first-order valence-corrected chi connectivity index (χ1v) is 6.68. The third-order valence-electron chi connectivity index (χ3n) is 3.03. The molecule has 1 aromatic heterocycles. The van der Waals surface area contributed by atoms with E-state index in [0.717, 1.165) is 32.4 Å². The largest absolute Gasteiger partial charge is 0.497 e. The summed E-state index contributed by atoms with van der Waals surface area (Å²) < 4.78 is 11.9. The van der Waals surface area contributed by atoms with Crippen molar-refractivity contribution in [2.45, 2.75) is 6.92 Å². The zero-order valence-corrected chi connectivity index (χ0v) is 12.2. The molecule has 0 unspecified atom stereocenters. The minimum Gasteiger partial charge on any atom is -0.497 e. The SMILES string of the molecule is COc1cc(Br)c2oc(-c3ccccc3C)nc2c1. The molecule has 0 spiro atoms. The number of aromatic nitrogens is 1. The molecule has 1 heterocycles. The number of halogens is 1. The third kappa shape index (κ3) is 2.12. The van der Waals surface area contributed by atoms with Crippen molar-refractivity contribution in [2.24, 2.45) is 0 Å². The Hall–Kier alpha value is -1.81. The van der Waals surface area contributed by atoms with Gasteiger partial charge >= 0.3 is 0 Å². The van der Waals surface area contributed by atoms with Crippen molar-refractivity contribution in [3.05, 3.63) is 46.4 Å². The van der Waals surface area contributed by atoms with Gasteiger partial charge in [-0.1, -0.05) is 18.2 Å². The van der Waals surface area contributed by atoms with E-state index in [2.05, 4.69) is 20.9 Å². The molecule has 0 fully saturated rings. The summed E-state index contributed by atoms with van der Waals surface area (Å²) in [4.78, 5) is 4.54. The van der Waals surface area contributed by atoms with Crippen molar-refractivity contribution >= 4 is 27.0 Å². The zero-order chi connectivity index (χ0) is 13.4. The molecule has 0 atom stereocenters. The fourth-order valence-electron chi connectivity index (χ4n) is 2.01. The van der Waals surface area contributed by atoms with E-state index in [1.165, 1.54) is 0 Å². The first-order chi connectivity index (χ1) is 9.19. The third-order valence-corrected chi connectivity index (χ3v) is 3.62. The molecule has 4 heteroatoms. The van der Waals surface area contributed by atoms with Gasteiger partial charge in [0.2, 0.25) is 5.89 Å². The van der Waals surface area contributed by atoms with Crippen molar-refractivity contribution in [1.82, 2.24) is 4.98 Å². The Morgan fingerprint density at radius 2 is 2.00 bits per heavy atom. The number of benzene rings is 2. The van der Waals surface area contributed by atoms with Gasteiger partial charge in [-0.15, -0.1) is 0 Å². The predicted octanol–water partition coefficient (Wildman–Crippen LogP) is 4.57. The highest BCUT2D eigenvalue weighted by molar-refractivity contribution is 9.10. The molecular weight excluding hydrogens is 306 g/mol. The summed E-state index contributed by atoms with van der Waals surface area (Å²) in [5.41, 5.74) is 3.66. The number of methoxy groups -OCH3 is 1. The van der Waals surface area contributed by atoms with Crippen molar-refractivity contribution in [2.75, 3.05) is 7.11 Å². The lowest BCUT2D eigenvalue weighted by molar-refractivity contribution is 0.415. The number of oxazole rings is 1. The number of fused-ring (bicyclic) bond motifs is 1. The van der Waals surface area contributed by atoms with E-state index in [0.29, 0.717) is 5.89 Å². The van der Waals surface area contributed by atoms with Crippen LogP contribution in [0.2, 0.25) is 0 Å². The molecule has 96 valence electrons. The van der Waals surface area contributed by atoms with Crippen LogP contribution in [0.4, 0.5) is 0 Å². The molecule has 0 bridgehead atoms. The second-order valence-corrected chi connectivity index (χ2v) is 5.15. The smallest absolute Gasteiger partial charge is 0.227 e. The molecule has 0 radical (unpaired) electrons. The number of aryl methyl sites for hydroxylation is 1. The number of rotatable bonds is 2. The lowest BCUT2D eigenvalue weighted by atomic mass is 10.1. The molecule has 0 N–H and O–H groups in total. The van der Waals surface area contributed by atoms with Gasteiger partial charge < -0.3 is 9.15 Å². The predicted molar refractivity (Wildman–Crippen MR) is 78.4 cm³/mol. The maximum atomic E-state index is 5.85. The Morgan fingerprint density at radius 1 is 1.21 bits per heavy atom. The van der Waals surface area contributed by atoms with Crippen LogP contribution >= 0.6 is 15.9 Å². The van der Waals surface area contributed by atoms with E-state index in [9.17, 15) is 0 Å². The molecule has 0 saturated heterocycles. The Labute approximate surface area is 119 Å². The van der Waals surface area contributed by atoms with Gasteiger partial charge in [0, 0.05) is 11.6 Å². The van der Waals surface area contributed by atoms with E-state index >= 15 is 0 Å². The van der Waals surface area contributed by atoms with Crippen LogP contribution in [0.25, 0.3) is 22.6 Å². The molecule has 2 aromatic carbocycles. The summed E-state index contributed by atoms with van der Waals surface area (Å²) in [5, 5.41) is 0. The van der Waals surface area contributed by atoms with Gasteiger partial charge in [-0.2, -0.15) is 0 Å². The monoisotopic (exact) mass is 317 g/mol. The highest BCUT2D eigenvalue weighted by Crippen LogP contribution is 2.33. The van der Waals surface area contributed by atoms with Gasteiger partial charge in [-0.05, 0) is 40.5 Å². The summed E-state index contributed by atoms with van der Waals surface area (Å²) >= 11 is 3.48. The standard InChI is InChI=1S/C15H12BrNO2/c1-9-5-3-4-6-11(9)15-17-13-8-10(18-2)7-12(16)14(13)19-15/h3-8H,1-2H3. The molecule has 0 amide bonds. The quantitative estimate of drug-likeness (QED) is 0.694. The van der Waals surface area contributed by atoms with Gasteiger partial charge in [-0.25, -0.2) is 4.98 Å². The summed E-state index contributed by atoms with van der Waals surface area (Å²) in [5.74, 6) is 1.38. The molecule has 19 heavy (non-hydrogen) atoms. The average Bonchev–Trinajstić information content (AvgIpc) is 2.83. The van der Waals surface area contributed by atoms with Crippen molar-refractivity contribution in [3.8, 4) is 17.2 Å². The summed E-state index contributed by atoms with van der Waals surface area (Å²) in [6, 6.07) is 11.8. The van der Waals surface area contributed by atoms with Crippen LogP contribution in [0.1, 0.15) is 5.56 Å². The molecule has 0 aliphatic rings. The Balaban J connectivity index is 2.22. The minimum absolute atomic E-state index is 0.627. The second-order valence-electron chi connectivity index (χ2n) is 4.29. The van der Waals surface area contributed by atoms with Crippen LogP contribution in [-0.2, 0) is 0 Å². The molecular formula is C15H12BrNO2. The van der Waals surface area contributed by atoms with Crippen LogP contribution in [0.5, 0.6) is 5.75 Å². The summed E-state index contributed by atoms with van der Waals surface area (Å²) in [7, 11) is 1.63. The Morgan fingerprint density at radius 3 is 2.74 bits per heavy atom. The second kappa shape index (κ2) is 4.70.